The van der Waals surface area contributed by atoms with E-state index in [1.165, 1.54) is 16.8 Å². The first kappa shape index (κ1) is 20.4. The summed E-state index contributed by atoms with van der Waals surface area (Å²) >= 11 is 0. The summed E-state index contributed by atoms with van der Waals surface area (Å²) in [7, 11) is 0. The van der Waals surface area contributed by atoms with Crippen LogP contribution in [0.15, 0.2) is 24.3 Å². The van der Waals surface area contributed by atoms with Gasteiger partial charge in [0.2, 0.25) is 5.91 Å². The number of carbonyl (C=O) groups excluding carboxylic acids is 1. The van der Waals surface area contributed by atoms with Crippen molar-refractivity contribution in [2.75, 3.05) is 19.7 Å². The molecule has 0 saturated carbocycles. The molecule has 0 N–H and O–H groups in total. The number of tetrazole rings is 1. The highest BCUT2D eigenvalue weighted by atomic mass is 19.1. The largest absolute Gasteiger partial charge is 0.376 e. The van der Waals surface area contributed by atoms with E-state index in [9.17, 15) is 9.18 Å². The lowest BCUT2D eigenvalue weighted by atomic mass is 10.0. The lowest BCUT2D eigenvalue weighted by molar-refractivity contribution is -0.138. The van der Waals surface area contributed by atoms with Crippen LogP contribution in [0.2, 0.25) is 0 Å². The normalized spacial score (nSPS) is 18.0. The molecule has 152 valence electrons. The molecular weight excluding hydrogens is 361 g/mol. The van der Waals surface area contributed by atoms with Gasteiger partial charge in [0.05, 0.1) is 6.10 Å². The van der Waals surface area contributed by atoms with Crippen LogP contribution < -0.4 is 0 Å². The number of rotatable bonds is 8. The zero-order valence-corrected chi connectivity index (χ0v) is 16.6. The van der Waals surface area contributed by atoms with Crippen molar-refractivity contribution in [3.63, 3.8) is 0 Å². The SMILES string of the molecule is CCCN(CC1CCCCO1)C(=O)C(Cc1cccc(F)c1)n1nnnc1C. The van der Waals surface area contributed by atoms with Crippen molar-refractivity contribution in [2.24, 2.45) is 0 Å². The summed E-state index contributed by atoms with van der Waals surface area (Å²) in [5.74, 6) is 0.175. The first-order chi connectivity index (χ1) is 13.6. The van der Waals surface area contributed by atoms with E-state index in [0.717, 1.165) is 37.9 Å². The Bertz CT molecular complexity index is 775. The highest BCUT2D eigenvalue weighted by Crippen LogP contribution is 2.21. The Hall–Kier alpha value is -2.35. The summed E-state index contributed by atoms with van der Waals surface area (Å²) in [5, 5.41) is 11.7. The van der Waals surface area contributed by atoms with Crippen LogP contribution in [0.5, 0.6) is 0 Å². The van der Waals surface area contributed by atoms with Gasteiger partial charge in [0.15, 0.2) is 0 Å². The second-order valence-electron chi connectivity index (χ2n) is 7.29. The molecule has 2 heterocycles. The van der Waals surface area contributed by atoms with Crippen molar-refractivity contribution < 1.29 is 13.9 Å². The van der Waals surface area contributed by atoms with E-state index in [0.29, 0.717) is 25.3 Å². The molecule has 1 saturated heterocycles. The van der Waals surface area contributed by atoms with Crippen LogP contribution in [0, 0.1) is 12.7 Å². The zero-order chi connectivity index (χ0) is 19.9. The fourth-order valence-electron chi connectivity index (χ4n) is 3.66. The molecule has 1 fully saturated rings. The minimum Gasteiger partial charge on any atom is -0.376 e. The van der Waals surface area contributed by atoms with Gasteiger partial charge in [-0.3, -0.25) is 4.79 Å². The van der Waals surface area contributed by atoms with Crippen LogP contribution in [0.1, 0.15) is 50.0 Å². The minimum atomic E-state index is -0.619. The van der Waals surface area contributed by atoms with Gasteiger partial charge in [-0.05, 0) is 60.7 Å². The van der Waals surface area contributed by atoms with Crippen LogP contribution in [0.3, 0.4) is 0 Å². The molecule has 0 bridgehead atoms. The molecule has 1 amide bonds. The number of carbonyl (C=O) groups is 1. The van der Waals surface area contributed by atoms with Gasteiger partial charge in [0.25, 0.3) is 0 Å². The van der Waals surface area contributed by atoms with Gasteiger partial charge in [-0.25, -0.2) is 9.07 Å². The van der Waals surface area contributed by atoms with E-state index in [1.807, 2.05) is 17.9 Å². The summed E-state index contributed by atoms with van der Waals surface area (Å²) in [4.78, 5) is 15.4. The van der Waals surface area contributed by atoms with Crippen molar-refractivity contribution in [2.45, 2.75) is 58.1 Å². The average molecular weight is 389 g/mol. The maximum Gasteiger partial charge on any atom is 0.248 e. The van der Waals surface area contributed by atoms with Gasteiger partial charge in [-0.1, -0.05) is 19.1 Å². The van der Waals surface area contributed by atoms with Gasteiger partial charge in [-0.2, -0.15) is 0 Å². The van der Waals surface area contributed by atoms with Gasteiger partial charge < -0.3 is 9.64 Å². The number of ether oxygens (including phenoxy) is 1. The van der Waals surface area contributed by atoms with Crippen LogP contribution in [0.4, 0.5) is 4.39 Å². The van der Waals surface area contributed by atoms with E-state index in [4.69, 9.17) is 4.74 Å². The maximum absolute atomic E-state index is 13.7. The molecule has 8 heteroatoms. The highest BCUT2D eigenvalue weighted by molar-refractivity contribution is 5.80. The Labute approximate surface area is 164 Å². The molecule has 1 aromatic heterocycles. The van der Waals surface area contributed by atoms with E-state index >= 15 is 0 Å². The Balaban J connectivity index is 1.83. The fourth-order valence-corrected chi connectivity index (χ4v) is 3.66. The van der Waals surface area contributed by atoms with Crippen LogP contribution in [0.25, 0.3) is 0 Å². The lowest BCUT2D eigenvalue weighted by Crippen LogP contribution is -2.44. The summed E-state index contributed by atoms with van der Waals surface area (Å²) < 4.78 is 21.1. The monoisotopic (exact) mass is 389 g/mol. The molecule has 0 aliphatic carbocycles. The summed E-state index contributed by atoms with van der Waals surface area (Å²) in [5.41, 5.74) is 0.735. The molecule has 2 unspecified atom stereocenters. The third kappa shape index (κ3) is 5.13. The Morgan fingerprint density at radius 3 is 2.93 bits per heavy atom. The smallest absolute Gasteiger partial charge is 0.248 e. The second kappa shape index (κ2) is 9.73. The average Bonchev–Trinajstić information content (AvgIpc) is 3.12. The molecule has 1 aromatic carbocycles. The molecule has 2 aromatic rings. The van der Waals surface area contributed by atoms with Crippen LogP contribution in [-0.2, 0) is 16.0 Å². The third-order valence-electron chi connectivity index (χ3n) is 5.06. The molecule has 0 radical (unpaired) electrons. The molecule has 1 aliphatic rings. The van der Waals surface area contributed by atoms with Crippen LogP contribution in [-0.4, -0.2) is 56.8 Å². The Morgan fingerprint density at radius 1 is 1.43 bits per heavy atom. The minimum absolute atomic E-state index is 0.0596. The van der Waals surface area contributed by atoms with Gasteiger partial charge in [0, 0.05) is 26.1 Å². The fraction of sp³-hybridized carbons (Fsp3) is 0.600. The quantitative estimate of drug-likeness (QED) is 0.694. The van der Waals surface area contributed by atoms with E-state index < -0.39 is 6.04 Å². The van der Waals surface area contributed by atoms with Crippen molar-refractivity contribution in [1.82, 2.24) is 25.1 Å². The predicted octanol–water partition coefficient (Wildman–Crippen LogP) is 2.71. The third-order valence-corrected chi connectivity index (χ3v) is 5.06. The number of aromatic nitrogens is 4. The van der Waals surface area contributed by atoms with E-state index in [2.05, 4.69) is 15.5 Å². The molecule has 28 heavy (non-hydrogen) atoms. The summed E-state index contributed by atoms with van der Waals surface area (Å²) in [6.45, 7) is 5.76. The second-order valence-corrected chi connectivity index (χ2v) is 7.29. The maximum atomic E-state index is 13.7. The zero-order valence-electron chi connectivity index (χ0n) is 16.6. The van der Waals surface area contributed by atoms with E-state index in [1.54, 1.807) is 13.0 Å². The number of hydrogen-bond acceptors (Lipinski definition) is 5. The first-order valence-corrected chi connectivity index (χ1v) is 9.97. The van der Waals surface area contributed by atoms with Crippen molar-refractivity contribution in [3.8, 4) is 0 Å². The molecular formula is C20H28FN5O2. The Morgan fingerprint density at radius 2 is 2.29 bits per heavy atom. The van der Waals surface area contributed by atoms with Crippen molar-refractivity contribution in [3.05, 3.63) is 41.5 Å². The number of benzene rings is 1. The molecule has 2 atom stereocenters. The van der Waals surface area contributed by atoms with E-state index in [-0.39, 0.29) is 17.8 Å². The predicted molar refractivity (Wildman–Crippen MR) is 102 cm³/mol. The van der Waals surface area contributed by atoms with Gasteiger partial charge >= 0.3 is 0 Å². The molecule has 3 rings (SSSR count). The summed E-state index contributed by atoms with van der Waals surface area (Å²) in [6.07, 6.45) is 4.40. The number of hydrogen-bond donors (Lipinski definition) is 0. The van der Waals surface area contributed by atoms with Crippen molar-refractivity contribution >= 4 is 5.91 Å². The lowest BCUT2D eigenvalue weighted by Gasteiger charge is -2.32. The standard InChI is InChI=1S/C20H28FN5O2/c1-3-10-25(14-18-9-4-5-11-28-18)20(27)19(26-15(2)22-23-24-26)13-16-7-6-8-17(21)12-16/h6-8,12,18-19H,3-5,9-11,13-14H2,1-2H3. The first-order valence-electron chi connectivity index (χ1n) is 9.97. The van der Waals surface area contributed by atoms with Crippen LogP contribution >= 0.6 is 0 Å². The number of amides is 1. The summed E-state index contributed by atoms with van der Waals surface area (Å²) in [6, 6.07) is 5.70. The molecule has 1 aliphatic heterocycles. The number of aryl methyl sites for hydroxylation is 1. The Kier molecular flexibility index (Phi) is 7.08. The van der Waals surface area contributed by atoms with Gasteiger partial charge in [-0.15, -0.1) is 5.10 Å². The number of halogens is 1. The molecule has 0 spiro atoms. The van der Waals surface area contributed by atoms with Crippen molar-refractivity contribution in [1.29, 1.82) is 0 Å². The van der Waals surface area contributed by atoms with Gasteiger partial charge in [0.1, 0.15) is 17.7 Å². The molecule has 7 nitrogen and oxygen atoms in total. The highest BCUT2D eigenvalue weighted by Gasteiger charge is 2.30. The topological polar surface area (TPSA) is 73.1 Å². The number of nitrogens with zero attached hydrogens (tertiary/aromatic N) is 5.